The molecule has 0 unspecified atom stereocenters. The van der Waals surface area contributed by atoms with Crippen molar-refractivity contribution in [3.8, 4) is 5.75 Å². The van der Waals surface area contributed by atoms with Gasteiger partial charge in [-0.3, -0.25) is 4.79 Å². The number of likely N-dealkylation sites (N-methyl/N-ethyl adjacent to an activating group) is 1. The summed E-state index contributed by atoms with van der Waals surface area (Å²) < 4.78 is 5.72. The van der Waals surface area contributed by atoms with Crippen molar-refractivity contribution in [1.82, 2.24) is 9.80 Å². The Bertz CT molecular complexity index is 492. The Morgan fingerprint density at radius 1 is 1.24 bits per heavy atom. The van der Waals surface area contributed by atoms with Crippen molar-refractivity contribution < 1.29 is 9.53 Å². The summed E-state index contributed by atoms with van der Waals surface area (Å²) in [5.41, 5.74) is 1.77. The third-order valence-corrected chi connectivity index (χ3v) is 3.89. The summed E-state index contributed by atoms with van der Waals surface area (Å²) in [7, 11) is 0. The van der Waals surface area contributed by atoms with Gasteiger partial charge in [-0.15, -0.1) is 0 Å². The first-order valence-corrected chi connectivity index (χ1v) is 7.80. The summed E-state index contributed by atoms with van der Waals surface area (Å²) in [6.45, 7) is 12.8. The Labute approximate surface area is 127 Å². The van der Waals surface area contributed by atoms with Crippen LogP contribution in [0.1, 0.15) is 36.7 Å². The zero-order valence-corrected chi connectivity index (χ0v) is 13.6. The van der Waals surface area contributed by atoms with Gasteiger partial charge in [0.2, 0.25) is 0 Å². The number of rotatable bonds is 4. The second kappa shape index (κ2) is 6.94. The molecule has 21 heavy (non-hydrogen) atoms. The molecule has 4 heteroatoms. The summed E-state index contributed by atoms with van der Waals surface area (Å²) in [5, 5.41) is 0. The van der Waals surface area contributed by atoms with E-state index in [2.05, 4.69) is 11.8 Å². The van der Waals surface area contributed by atoms with E-state index in [1.165, 1.54) is 0 Å². The minimum atomic E-state index is 0.130. The third kappa shape index (κ3) is 3.97. The molecule has 0 bridgehead atoms. The Morgan fingerprint density at radius 3 is 2.43 bits per heavy atom. The number of hydrogen-bond donors (Lipinski definition) is 0. The van der Waals surface area contributed by atoms with Crippen LogP contribution in [-0.2, 0) is 0 Å². The van der Waals surface area contributed by atoms with Crippen LogP contribution in [0.3, 0.4) is 0 Å². The van der Waals surface area contributed by atoms with E-state index < -0.39 is 0 Å². The molecule has 1 saturated heterocycles. The number of benzene rings is 1. The van der Waals surface area contributed by atoms with E-state index in [9.17, 15) is 4.79 Å². The number of ether oxygens (including phenoxy) is 1. The van der Waals surface area contributed by atoms with Crippen LogP contribution >= 0.6 is 0 Å². The third-order valence-electron chi connectivity index (χ3n) is 3.89. The number of aryl methyl sites for hydroxylation is 1. The molecule has 0 aromatic heterocycles. The molecular weight excluding hydrogens is 264 g/mol. The first-order valence-electron chi connectivity index (χ1n) is 7.80. The van der Waals surface area contributed by atoms with E-state index in [1.54, 1.807) is 0 Å². The van der Waals surface area contributed by atoms with Crippen molar-refractivity contribution in [2.24, 2.45) is 0 Å². The predicted octanol–water partition coefficient (Wildman–Crippen LogP) is 2.56. The van der Waals surface area contributed by atoms with Gasteiger partial charge in [0.05, 0.1) is 6.10 Å². The highest BCUT2D eigenvalue weighted by molar-refractivity contribution is 5.94. The monoisotopic (exact) mass is 290 g/mol. The van der Waals surface area contributed by atoms with Crippen molar-refractivity contribution in [2.75, 3.05) is 32.7 Å². The Hall–Kier alpha value is -1.55. The lowest BCUT2D eigenvalue weighted by Crippen LogP contribution is -2.48. The van der Waals surface area contributed by atoms with Gasteiger partial charge >= 0.3 is 0 Å². The summed E-state index contributed by atoms with van der Waals surface area (Å²) in [6, 6.07) is 5.72. The fourth-order valence-corrected chi connectivity index (χ4v) is 2.62. The molecule has 0 aliphatic carbocycles. The van der Waals surface area contributed by atoms with E-state index in [0.717, 1.165) is 49.6 Å². The average Bonchev–Trinajstić information content (AvgIpc) is 2.48. The first kappa shape index (κ1) is 15.8. The lowest BCUT2D eigenvalue weighted by molar-refractivity contribution is 0.0643. The number of amides is 1. The molecule has 0 atom stereocenters. The fourth-order valence-electron chi connectivity index (χ4n) is 2.62. The number of hydrogen-bond acceptors (Lipinski definition) is 3. The number of carbonyl (C=O) groups excluding carboxylic acids is 1. The van der Waals surface area contributed by atoms with Gasteiger partial charge in [0.1, 0.15) is 5.75 Å². The number of carbonyl (C=O) groups is 1. The highest BCUT2D eigenvalue weighted by Crippen LogP contribution is 2.21. The number of nitrogens with zero attached hydrogens (tertiary/aromatic N) is 2. The minimum absolute atomic E-state index is 0.130. The second-order valence-electron chi connectivity index (χ2n) is 5.87. The van der Waals surface area contributed by atoms with E-state index in [1.807, 2.05) is 43.9 Å². The van der Waals surface area contributed by atoms with Crippen LogP contribution in [0.15, 0.2) is 18.2 Å². The second-order valence-corrected chi connectivity index (χ2v) is 5.87. The lowest BCUT2D eigenvalue weighted by Gasteiger charge is -2.34. The smallest absolute Gasteiger partial charge is 0.253 e. The lowest BCUT2D eigenvalue weighted by atomic mass is 10.1. The molecule has 1 fully saturated rings. The zero-order valence-electron chi connectivity index (χ0n) is 13.6. The highest BCUT2D eigenvalue weighted by Gasteiger charge is 2.21. The van der Waals surface area contributed by atoms with Crippen LogP contribution in [0.25, 0.3) is 0 Å². The quantitative estimate of drug-likeness (QED) is 0.854. The molecule has 1 aliphatic rings. The van der Waals surface area contributed by atoms with Crippen LogP contribution in [0.2, 0.25) is 0 Å². The predicted molar refractivity (Wildman–Crippen MR) is 85.0 cm³/mol. The SMILES string of the molecule is CCN1CCN(C(=O)c2ccc(OC(C)C)c(C)c2)CC1. The summed E-state index contributed by atoms with van der Waals surface area (Å²) in [6.07, 6.45) is 0.146. The Balaban J connectivity index is 2.04. The molecule has 0 radical (unpaired) electrons. The summed E-state index contributed by atoms with van der Waals surface area (Å²) in [5.74, 6) is 0.988. The average molecular weight is 290 g/mol. The van der Waals surface area contributed by atoms with Gasteiger partial charge in [-0.1, -0.05) is 6.92 Å². The topological polar surface area (TPSA) is 32.8 Å². The van der Waals surface area contributed by atoms with Crippen molar-refractivity contribution in [3.05, 3.63) is 29.3 Å². The van der Waals surface area contributed by atoms with Gasteiger partial charge in [0, 0.05) is 31.7 Å². The molecule has 1 heterocycles. The molecule has 1 aromatic rings. The number of piperazine rings is 1. The molecule has 116 valence electrons. The van der Waals surface area contributed by atoms with E-state index in [0.29, 0.717) is 0 Å². The van der Waals surface area contributed by atoms with Gasteiger partial charge in [-0.05, 0) is 51.1 Å². The molecule has 1 amide bonds. The Morgan fingerprint density at radius 2 is 1.90 bits per heavy atom. The van der Waals surface area contributed by atoms with Gasteiger partial charge in [-0.25, -0.2) is 0 Å². The minimum Gasteiger partial charge on any atom is -0.491 e. The van der Waals surface area contributed by atoms with E-state index >= 15 is 0 Å². The van der Waals surface area contributed by atoms with Crippen LogP contribution in [0, 0.1) is 6.92 Å². The summed E-state index contributed by atoms with van der Waals surface area (Å²) >= 11 is 0. The Kier molecular flexibility index (Phi) is 5.23. The zero-order chi connectivity index (χ0) is 15.4. The first-order chi connectivity index (χ1) is 10.0. The van der Waals surface area contributed by atoms with Crippen molar-refractivity contribution in [3.63, 3.8) is 0 Å². The summed E-state index contributed by atoms with van der Waals surface area (Å²) in [4.78, 5) is 16.9. The molecular formula is C17H26N2O2. The van der Waals surface area contributed by atoms with Crippen LogP contribution < -0.4 is 4.74 Å². The molecule has 0 saturated carbocycles. The van der Waals surface area contributed by atoms with Gasteiger partial charge < -0.3 is 14.5 Å². The molecule has 1 aliphatic heterocycles. The highest BCUT2D eigenvalue weighted by atomic mass is 16.5. The maximum Gasteiger partial charge on any atom is 0.253 e. The van der Waals surface area contributed by atoms with Crippen LogP contribution in [-0.4, -0.2) is 54.5 Å². The van der Waals surface area contributed by atoms with E-state index in [-0.39, 0.29) is 12.0 Å². The van der Waals surface area contributed by atoms with Crippen molar-refractivity contribution >= 4 is 5.91 Å². The molecule has 2 rings (SSSR count). The van der Waals surface area contributed by atoms with E-state index in [4.69, 9.17) is 4.74 Å². The van der Waals surface area contributed by atoms with Crippen molar-refractivity contribution in [1.29, 1.82) is 0 Å². The van der Waals surface area contributed by atoms with Gasteiger partial charge in [-0.2, -0.15) is 0 Å². The maximum atomic E-state index is 12.5. The maximum absolute atomic E-state index is 12.5. The molecule has 1 aromatic carbocycles. The normalized spacial score (nSPS) is 16.3. The molecule has 4 nitrogen and oxygen atoms in total. The largest absolute Gasteiger partial charge is 0.491 e. The van der Waals surface area contributed by atoms with Crippen LogP contribution in [0.4, 0.5) is 0 Å². The van der Waals surface area contributed by atoms with Crippen molar-refractivity contribution in [2.45, 2.75) is 33.8 Å². The fraction of sp³-hybridized carbons (Fsp3) is 0.588. The molecule has 0 spiro atoms. The van der Waals surface area contributed by atoms with Gasteiger partial charge in [0.25, 0.3) is 5.91 Å². The van der Waals surface area contributed by atoms with Gasteiger partial charge in [0.15, 0.2) is 0 Å². The molecule has 0 N–H and O–H groups in total. The standard InChI is InChI=1S/C17H26N2O2/c1-5-18-8-10-19(11-9-18)17(20)15-6-7-16(14(4)12-15)21-13(2)3/h6-7,12-13H,5,8-11H2,1-4H3. The van der Waals surface area contributed by atoms with Crippen LogP contribution in [0.5, 0.6) is 5.75 Å².